The lowest BCUT2D eigenvalue weighted by Gasteiger charge is -2.32. The van der Waals surface area contributed by atoms with Crippen LogP contribution in [0.15, 0.2) is 0 Å². The number of anilines is 1. The number of aliphatic carboxylic acids is 1. The summed E-state index contributed by atoms with van der Waals surface area (Å²) in [4.78, 5) is 11.4. The van der Waals surface area contributed by atoms with E-state index in [0.717, 1.165) is 0 Å². The fourth-order valence-electron chi connectivity index (χ4n) is 1.88. The highest BCUT2D eigenvalue weighted by Crippen LogP contribution is 2.35. The average molecular weight is 311 g/mol. The highest BCUT2D eigenvalue weighted by Gasteiger charge is 2.41. The molecule has 2 N–H and O–H groups in total. The second-order valence-corrected chi connectivity index (χ2v) is 5.44. The van der Waals surface area contributed by atoms with Gasteiger partial charge in [0, 0.05) is 19.8 Å². The molecule has 0 unspecified atom stereocenters. The predicted molar refractivity (Wildman–Crippen MR) is 63.5 cm³/mol. The number of carbonyl (C=O) groups is 1. The van der Waals surface area contributed by atoms with Gasteiger partial charge in [-0.1, -0.05) is 11.3 Å². The van der Waals surface area contributed by atoms with Crippen LogP contribution in [0.3, 0.4) is 0 Å². The van der Waals surface area contributed by atoms with Crippen LogP contribution in [0.1, 0.15) is 17.8 Å². The van der Waals surface area contributed by atoms with Crippen molar-refractivity contribution in [1.82, 2.24) is 10.2 Å². The van der Waals surface area contributed by atoms with Gasteiger partial charge in [-0.2, -0.15) is 13.2 Å². The molecule has 0 radical (unpaired) electrons. The van der Waals surface area contributed by atoms with Crippen molar-refractivity contribution in [3.63, 3.8) is 0 Å². The smallest absolute Gasteiger partial charge is 0.445 e. The minimum atomic E-state index is -4.54. The van der Waals surface area contributed by atoms with Gasteiger partial charge in [0.15, 0.2) is 0 Å². The van der Waals surface area contributed by atoms with Crippen LogP contribution in [0.2, 0.25) is 0 Å². The van der Waals surface area contributed by atoms with Gasteiger partial charge in [0.05, 0.1) is 5.41 Å². The van der Waals surface area contributed by atoms with Crippen LogP contribution >= 0.6 is 11.3 Å². The number of hydrogen-bond acceptors (Lipinski definition) is 6. The summed E-state index contributed by atoms with van der Waals surface area (Å²) in [6, 6.07) is 0. The first-order valence-corrected chi connectivity index (χ1v) is 6.61. The monoisotopic (exact) mass is 311 g/mol. The van der Waals surface area contributed by atoms with Gasteiger partial charge in [-0.25, -0.2) is 0 Å². The standard InChI is InChI=1S/C10H12F3N3O3S/c11-10(12,13)6-15-16-8(20-6)14-5-9(7(17)18)1-3-19-4-2-9/h1-5H2,(H,14,16)(H,17,18). The van der Waals surface area contributed by atoms with E-state index in [4.69, 9.17) is 4.74 Å². The van der Waals surface area contributed by atoms with Crippen molar-refractivity contribution in [3.8, 4) is 0 Å². The molecule has 10 heteroatoms. The third-order valence-electron chi connectivity index (χ3n) is 3.15. The molecule has 20 heavy (non-hydrogen) atoms. The van der Waals surface area contributed by atoms with Crippen molar-refractivity contribution < 1.29 is 27.8 Å². The SMILES string of the molecule is O=C(O)C1(CNc2nnc(C(F)(F)F)s2)CCOCC1. The molecular formula is C10H12F3N3O3S. The van der Waals surface area contributed by atoms with Crippen LogP contribution in [0, 0.1) is 5.41 Å². The van der Waals surface area contributed by atoms with E-state index in [1.54, 1.807) is 0 Å². The normalized spacial score (nSPS) is 18.8. The van der Waals surface area contributed by atoms with Crippen LogP contribution in [0.25, 0.3) is 0 Å². The molecule has 0 aliphatic carbocycles. The van der Waals surface area contributed by atoms with E-state index in [0.29, 0.717) is 37.4 Å². The largest absolute Gasteiger partial charge is 0.481 e. The molecule has 1 aromatic heterocycles. The molecule has 1 aliphatic heterocycles. The topological polar surface area (TPSA) is 84.3 Å². The highest BCUT2D eigenvalue weighted by atomic mass is 32.1. The molecule has 2 rings (SSSR count). The second kappa shape index (κ2) is 5.52. The highest BCUT2D eigenvalue weighted by molar-refractivity contribution is 7.15. The van der Waals surface area contributed by atoms with Gasteiger partial charge in [-0.3, -0.25) is 4.79 Å². The fourth-order valence-corrected chi connectivity index (χ4v) is 2.49. The summed E-state index contributed by atoms with van der Waals surface area (Å²) >= 11 is 0.356. The number of nitrogens with zero attached hydrogens (tertiary/aromatic N) is 2. The van der Waals surface area contributed by atoms with Crippen molar-refractivity contribution in [1.29, 1.82) is 0 Å². The first kappa shape index (κ1) is 15.0. The van der Waals surface area contributed by atoms with E-state index in [2.05, 4.69) is 15.5 Å². The van der Waals surface area contributed by atoms with E-state index in [-0.39, 0.29) is 11.7 Å². The van der Waals surface area contributed by atoms with Crippen molar-refractivity contribution >= 4 is 22.4 Å². The zero-order valence-corrected chi connectivity index (χ0v) is 11.1. The number of alkyl halides is 3. The Balaban J connectivity index is 2.03. The number of carboxylic acids is 1. The molecule has 0 spiro atoms. The van der Waals surface area contributed by atoms with Crippen LogP contribution in [0.4, 0.5) is 18.3 Å². The molecule has 2 heterocycles. The molecule has 6 nitrogen and oxygen atoms in total. The Morgan fingerprint density at radius 2 is 2.05 bits per heavy atom. The Kier molecular flexibility index (Phi) is 4.14. The fraction of sp³-hybridized carbons (Fsp3) is 0.700. The molecular weight excluding hydrogens is 299 g/mol. The number of nitrogens with one attached hydrogen (secondary N) is 1. The molecule has 0 bridgehead atoms. The minimum absolute atomic E-state index is 0.00180. The lowest BCUT2D eigenvalue weighted by Crippen LogP contribution is -2.42. The first-order valence-electron chi connectivity index (χ1n) is 5.79. The molecule has 0 saturated carbocycles. The Bertz CT molecular complexity index is 486. The number of carboxylic acid groups (broad SMARTS) is 1. The summed E-state index contributed by atoms with van der Waals surface area (Å²) in [6.45, 7) is 0.633. The van der Waals surface area contributed by atoms with Crippen LogP contribution in [0.5, 0.6) is 0 Å². The Hall–Kier alpha value is -1.42. The molecule has 0 atom stereocenters. The van der Waals surface area contributed by atoms with Crippen LogP contribution < -0.4 is 5.32 Å². The summed E-state index contributed by atoms with van der Waals surface area (Å²) in [6.07, 6.45) is -3.93. The average Bonchev–Trinajstić information content (AvgIpc) is 2.86. The van der Waals surface area contributed by atoms with Crippen LogP contribution in [-0.4, -0.2) is 41.0 Å². The summed E-state index contributed by atoms with van der Waals surface area (Å²) in [5, 5.41) is 17.2. The quantitative estimate of drug-likeness (QED) is 0.883. The summed E-state index contributed by atoms with van der Waals surface area (Å²) in [5.74, 6) is -0.992. The molecule has 0 amide bonds. The van der Waals surface area contributed by atoms with Gasteiger partial charge >= 0.3 is 12.1 Å². The maximum Gasteiger partial charge on any atom is 0.445 e. The third-order valence-corrected chi connectivity index (χ3v) is 4.07. The zero-order valence-electron chi connectivity index (χ0n) is 10.2. The Morgan fingerprint density at radius 3 is 2.55 bits per heavy atom. The number of ether oxygens (including phenoxy) is 1. The number of aromatic nitrogens is 2. The van der Waals surface area contributed by atoms with Crippen LogP contribution in [-0.2, 0) is 15.7 Å². The van der Waals surface area contributed by atoms with Crippen molar-refractivity contribution in [2.24, 2.45) is 5.41 Å². The number of hydrogen-bond donors (Lipinski definition) is 2. The Morgan fingerprint density at radius 1 is 1.40 bits per heavy atom. The van der Waals surface area contributed by atoms with Crippen molar-refractivity contribution in [2.45, 2.75) is 19.0 Å². The summed E-state index contributed by atoms with van der Waals surface area (Å²) in [5.41, 5.74) is -1.04. The van der Waals surface area contributed by atoms with E-state index < -0.39 is 22.6 Å². The minimum Gasteiger partial charge on any atom is -0.481 e. The zero-order chi connectivity index (χ0) is 14.8. The van der Waals surface area contributed by atoms with Gasteiger partial charge in [0.2, 0.25) is 10.1 Å². The van der Waals surface area contributed by atoms with Gasteiger partial charge in [-0.15, -0.1) is 10.2 Å². The van der Waals surface area contributed by atoms with E-state index in [1.165, 1.54) is 0 Å². The second-order valence-electron chi connectivity index (χ2n) is 4.46. The lowest BCUT2D eigenvalue weighted by molar-refractivity contribution is -0.153. The number of halogens is 3. The lowest BCUT2D eigenvalue weighted by atomic mass is 9.80. The molecule has 0 aromatic carbocycles. The van der Waals surface area contributed by atoms with E-state index in [1.807, 2.05) is 0 Å². The summed E-state index contributed by atoms with van der Waals surface area (Å²) in [7, 11) is 0. The molecule has 112 valence electrons. The van der Waals surface area contributed by atoms with Gasteiger partial charge in [-0.05, 0) is 12.8 Å². The number of rotatable bonds is 4. The van der Waals surface area contributed by atoms with Crippen molar-refractivity contribution in [3.05, 3.63) is 5.01 Å². The van der Waals surface area contributed by atoms with E-state index >= 15 is 0 Å². The maximum atomic E-state index is 12.4. The van der Waals surface area contributed by atoms with Gasteiger partial charge < -0.3 is 15.2 Å². The molecule has 1 fully saturated rings. The molecule has 1 aromatic rings. The molecule has 1 saturated heterocycles. The van der Waals surface area contributed by atoms with Gasteiger partial charge in [0.25, 0.3) is 0 Å². The molecule has 1 aliphatic rings. The predicted octanol–water partition coefficient (Wildman–Crippen LogP) is 1.85. The maximum absolute atomic E-state index is 12.4. The van der Waals surface area contributed by atoms with E-state index in [9.17, 15) is 23.1 Å². The first-order chi connectivity index (χ1) is 9.33. The van der Waals surface area contributed by atoms with Crippen molar-refractivity contribution in [2.75, 3.05) is 25.1 Å². The third kappa shape index (κ3) is 3.18. The Labute approximate surface area is 116 Å². The van der Waals surface area contributed by atoms with Gasteiger partial charge in [0.1, 0.15) is 0 Å². The summed E-state index contributed by atoms with van der Waals surface area (Å²) < 4.78 is 42.2.